The molecule has 1 aromatic carbocycles. The Hall–Kier alpha value is -1.71. The Labute approximate surface area is 121 Å². The number of nitrogens with one attached hydrogen (secondary N) is 2. The zero-order valence-corrected chi connectivity index (χ0v) is 13.1. The summed E-state index contributed by atoms with van der Waals surface area (Å²) >= 11 is 0. The summed E-state index contributed by atoms with van der Waals surface area (Å²) in [6, 6.07) is 7.15. The first kappa shape index (κ1) is 16.3. The molecule has 0 aliphatic rings. The highest BCUT2D eigenvalue weighted by atomic mass is 16.5. The van der Waals surface area contributed by atoms with E-state index in [2.05, 4.69) is 38.3 Å². The molecule has 1 aromatic rings. The number of ether oxygens (including phenoxy) is 1. The Morgan fingerprint density at radius 3 is 2.40 bits per heavy atom. The highest BCUT2D eigenvalue weighted by Gasteiger charge is 2.18. The standard InChI is InChI=1S/C16H26N2O2/c1-11(2)15(12(3)4)10-17-16(19)18-13-7-6-8-14(9-13)20-5/h6-9,11-12,15H,10H2,1-5H3,(H2,17,18,19). The van der Waals surface area contributed by atoms with Crippen molar-refractivity contribution in [1.29, 1.82) is 0 Å². The summed E-state index contributed by atoms with van der Waals surface area (Å²) < 4.78 is 5.13. The first-order valence-electron chi connectivity index (χ1n) is 7.13. The molecule has 2 N–H and O–H groups in total. The number of amides is 2. The van der Waals surface area contributed by atoms with Gasteiger partial charge in [0.05, 0.1) is 7.11 Å². The lowest BCUT2D eigenvalue weighted by Crippen LogP contribution is -2.36. The van der Waals surface area contributed by atoms with Crippen molar-refractivity contribution in [2.24, 2.45) is 17.8 Å². The van der Waals surface area contributed by atoms with E-state index in [4.69, 9.17) is 4.74 Å². The molecule has 0 heterocycles. The maximum atomic E-state index is 11.9. The van der Waals surface area contributed by atoms with Gasteiger partial charge in [-0.2, -0.15) is 0 Å². The summed E-state index contributed by atoms with van der Waals surface area (Å²) in [6.07, 6.45) is 0. The van der Waals surface area contributed by atoms with Crippen molar-refractivity contribution in [2.45, 2.75) is 27.7 Å². The smallest absolute Gasteiger partial charge is 0.319 e. The Balaban J connectivity index is 2.50. The number of rotatable bonds is 6. The number of benzene rings is 1. The van der Waals surface area contributed by atoms with Crippen LogP contribution in [0.15, 0.2) is 24.3 Å². The third-order valence-corrected chi connectivity index (χ3v) is 3.54. The quantitative estimate of drug-likeness (QED) is 0.832. The fraction of sp³-hybridized carbons (Fsp3) is 0.562. The number of carbonyl (C=O) groups excluding carboxylic acids is 1. The van der Waals surface area contributed by atoms with Gasteiger partial charge in [0, 0.05) is 18.3 Å². The number of methoxy groups -OCH3 is 1. The van der Waals surface area contributed by atoms with Crippen molar-refractivity contribution in [3.05, 3.63) is 24.3 Å². The van der Waals surface area contributed by atoms with Crippen molar-refractivity contribution < 1.29 is 9.53 Å². The van der Waals surface area contributed by atoms with E-state index in [9.17, 15) is 4.79 Å². The Kier molecular flexibility index (Phi) is 6.36. The third-order valence-electron chi connectivity index (χ3n) is 3.54. The Morgan fingerprint density at radius 2 is 1.85 bits per heavy atom. The van der Waals surface area contributed by atoms with Gasteiger partial charge in [-0.05, 0) is 29.9 Å². The highest BCUT2D eigenvalue weighted by molar-refractivity contribution is 5.89. The molecule has 0 aromatic heterocycles. The van der Waals surface area contributed by atoms with Crippen LogP contribution < -0.4 is 15.4 Å². The molecule has 0 saturated heterocycles. The number of anilines is 1. The van der Waals surface area contributed by atoms with Gasteiger partial charge in [0.1, 0.15) is 5.75 Å². The molecule has 4 heteroatoms. The molecule has 0 fully saturated rings. The molecule has 0 atom stereocenters. The summed E-state index contributed by atoms with van der Waals surface area (Å²) in [5.41, 5.74) is 0.729. The molecular formula is C16H26N2O2. The van der Waals surface area contributed by atoms with Crippen molar-refractivity contribution in [1.82, 2.24) is 5.32 Å². The number of hydrogen-bond acceptors (Lipinski definition) is 2. The maximum Gasteiger partial charge on any atom is 0.319 e. The van der Waals surface area contributed by atoms with E-state index < -0.39 is 0 Å². The molecule has 0 saturated carbocycles. The van der Waals surface area contributed by atoms with Crippen molar-refractivity contribution in [3.63, 3.8) is 0 Å². The molecule has 0 aliphatic heterocycles. The fourth-order valence-corrected chi connectivity index (χ4v) is 2.33. The first-order valence-corrected chi connectivity index (χ1v) is 7.13. The van der Waals surface area contributed by atoms with E-state index in [1.165, 1.54) is 0 Å². The normalized spacial score (nSPS) is 11.0. The second-order valence-corrected chi connectivity index (χ2v) is 5.72. The van der Waals surface area contributed by atoms with E-state index in [1.807, 2.05) is 18.2 Å². The molecule has 0 aliphatic carbocycles. The van der Waals surface area contributed by atoms with Gasteiger partial charge in [-0.1, -0.05) is 33.8 Å². The minimum absolute atomic E-state index is 0.176. The molecule has 0 unspecified atom stereocenters. The van der Waals surface area contributed by atoms with Crippen LogP contribution in [0.2, 0.25) is 0 Å². The molecule has 112 valence electrons. The van der Waals surface area contributed by atoms with Gasteiger partial charge in [0.2, 0.25) is 0 Å². The molecule has 0 radical (unpaired) electrons. The van der Waals surface area contributed by atoms with E-state index >= 15 is 0 Å². The minimum atomic E-state index is -0.176. The summed E-state index contributed by atoms with van der Waals surface area (Å²) in [5.74, 6) is 2.30. The minimum Gasteiger partial charge on any atom is -0.497 e. The molecular weight excluding hydrogens is 252 g/mol. The number of hydrogen-bond donors (Lipinski definition) is 2. The van der Waals surface area contributed by atoms with Crippen LogP contribution in [0.4, 0.5) is 10.5 Å². The summed E-state index contributed by atoms with van der Waals surface area (Å²) in [7, 11) is 1.61. The van der Waals surface area contributed by atoms with Gasteiger partial charge in [-0.25, -0.2) is 4.79 Å². The van der Waals surface area contributed by atoms with E-state index in [1.54, 1.807) is 13.2 Å². The van der Waals surface area contributed by atoms with Crippen molar-refractivity contribution in [3.8, 4) is 5.75 Å². The van der Waals surface area contributed by atoms with Gasteiger partial charge in [-0.3, -0.25) is 0 Å². The SMILES string of the molecule is COc1cccc(NC(=O)NCC(C(C)C)C(C)C)c1. The second kappa shape index (κ2) is 7.78. The monoisotopic (exact) mass is 278 g/mol. The predicted molar refractivity (Wildman–Crippen MR) is 83.2 cm³/mol. The summed E-state index contributed by atoms with van der Waals surface area (Å²) in [4.78, 5) is 11.9. The van der Waals surface area contributed by atoms with Crippen LogP contribution in [-0.4, -0.2) is 19.7 Å². The molecule has 0 spiro atoms. The van der Waals surface area contributed by atoms with Crippen molar-refractivity contribution in [2.75, 3.05) is 19.0 Å². The van der Waals surface area contributed by atoms with Crippen LogP contribution in [0.5, 0.6) is 5.75 Å². The zero-order chi connectivity index (χ0) is 15.1. The Morgan fingerprint density at radius 1 is 1.20 bits per heavy atom. The summed E-state index contributed by atoms with van der Waals surface area (Å²) in [5, 5.41) is 5.76. The van der Waals surface area contributed by atoms with Gasteiger partial charge >= 0.3 is 6.03 Å². The molecule has 2 amide bonds. The van der Waals surface area contributed by atoms with Crippen molar-refractivity contribution >= 4 is 11.7 Å². The topological polar surface area (TPSA) is 50.4 Å². The lowest BCUT2D eigenvalue weighted by Gasteiger charge is -2.25. The van der Waals surface area contributed by atoms with Gasteiger partial charge in [-0.15, -0.1) is 0 Å². The van der Waals surface area contributed by atoms with Gasteiger partial charge in [0.15, 0.2) is 0 Å². The maximum absolute atomic E-state index is 11.9. The molecule has 20 heavy (non-hydrogen) atoms. The highest BCUT2D eigenvalue weighted by Crippen LogP contribution is 2.20. The van der Waals surface area contributed by atoms with Crippen LogP contribution in [0.1, 0.15) is 27.7 Å². The average molecular weight is 278 g/mol. The van der Waals surface area contributed by atoms with Crippen LogP contribution in [0.25, 0.3) is 0 Å². The van der Waals surface area contributed by atoms with Crippen LogP contribution >= 0.6 is 0 Å². The molecule has 4 nitrogen and oxygen atoms in total. The lowest BCUT2D eigenvalue weighted by molar-refractivity contribution is 0.239. The summed E-state index contributed by atoms with van der Waals surface area (Å²) in [6.45, 7) is 9.43. The predicted octanol–water partition coefficient (Wildman–Crippen LogP) is 3.74. The second-order valence-electron chi connectivity index (χ2n) is 5.72. The molecule has 0 bridgehead atoms. The molecule has 1 rings (SSSR count). The number of carbonyl (C=O) groups is 1. The average Bonchev–Trinajstić information content (AvgIpc) is 2.38. The lowest BCUT2D eigenvalue weighted by atomic mass is 9.85. The fourth-order valence-electron chi connectivity index (χ4n) is 2.33. The van der Waals surface area contributed by atoms with E-state index in [0.717, 1.165) is 11.4 Å². The van der Waals surface area contributed by atoms with E-state index in [-0.39, 0.29) is 6.03 Å². The third kappa shape index (κ3) is 5.11. The van der Waals surface area contributed by atoms with Crippen LogP contribution in [-0.2, 0) is 0 Å². The van der Waals surface area contributed by atoms with Gasteiger partial charge < -0.3 is 15.4 Å². The largest absolute Gasteiger partial charge is 0.497 e. The number of urea groups is 1. The Bertz CT molecular complexity index is 422. The van der Waals surface area contributed by atoms with Gasteiger partial charge in [0.25, 0.3) is 0 Å². The first-order chi connectivity index (χ1) is 9.43. The van der Waals surface area contributed by atoms with E-state index in [0.29, 0.717) is 24.3 Å². The van der Waals surface area contributed by atoms with Crippen LogP contribution in [0.3, 0.4) is 0 Å². The van der Waals surface area contributed by atoms with Crippen LogP contribution in [0, 0.1) is 17.8 Å². The zero-order valence-electron chi connectivity index (χ0n) is 13.1.